The van der Waals surface area contributed by atoms with E-state index in [0.29, 0.717) is 5.69 Å². The molecule has 0 bridgehead atoms. The van der Waals surface area contributed by atoms with Crippen LogP contribution in [0.5, 0.6) is 0 Å². The van der Waals surface area contributed by atoms with Gasteiger partial charge in [-0.25, -0.2) is 4.98 Å². The number of pyridine rings is 1. The van der Waals surface area contributed by atoms with Crippen LogP contribution in [0.3, 0.4) is 0 Å². The summed E-state index contributed by atoms with van der Waals surface area (Å²) in [6, 6.07) is 13.7. The molecule has 0 unspecified atom stereocenters. The Morgan fingerprint density at radius 1 is 1.07 bits per heavy atom. The zero-order valence-corrected chi connectivity index (χ0v) is 9.40. The van der Waals surface area contributed by atoms with Gasteiger partial charge in [-0.3, -0.25) is 0 Å². The summed E-state index contributed by atoms with van der Waals surface area (Å²) < 4.78 is 1.04. The average Bonchev–Trinajstić information content (AvgIpc) is 2.30. The molecule has 1 aromatic heterocycles. The fourth-order valence-corrected chi connectivity index (χ4v) is 1.58. The van der Waals surface area contributed by atoms with Crippen LogP contribution in [0.4, 0.5) is 0 Å². The fraction of sp³-hybridized carbons (Fsp3) is 0. The molecular weight excluding hydrogens is 252 g/mol. The normalized spacial score (nSPS) is 9.60. The van der Waals surface area contributed by atoms with Crippen molar-refractivity contribution < 1.29 is 0 Å². The van der Waals surface area contributed by atoms with Crippen molar-refractivity contribution in [3.8, 4) is 17.2 Å². The van der Waals surface area contributed by atoms with Crippen molar-refractivity contribution in [1.29, 1.82) is 5.26 Å². The van der Waals surface area contributed by atoms with E-state index in [-0.39, 0.29) is 0 Å². The van der Waals surface area contributed by atoms with Gasteiger partial charge in [-0.05, 0) is 35.4 Å². The molecule has 2 nitrogen and oxygen atoms in total. The van der Waals surface area contributed by atoms with Crippen molar-refractivity contribution in [1.82, 2.24) is 4.98 Å². The summed E-state index contributed by atoms with van der Waals surface area (Å²) in [6.45, 7) is 0. The van der Waals surface area contributed by atoms with Crippen LogP contribution in [-0.4, -0.2) is 4.98 Å². The minimum Gasteiger partial charge on any atom is -0.246 e. The number of benzene rings is 1. The van der Waals surface area contributed by atoms with Gasteiger partial charge in [0.15, 0.2) is 0 Å². The van der Waals surface area contributed by atoms with Crippen LogP contribution in [0.2, 0.25) is 0 Å². The largest absolute Gasteiger partial charge is 0.246 e. The number of rotatable bonds is 1. The molecule has 15 heavy (non-hydrogen) atoms. The highest BCUT2D eigenvalue weighted by Crippen LogP contribution is 2.21. The van der Waals surface area contributed by atoms with E-state index in [2.05, 4.69) is 20.9 Å². The first-order valence-electron chi connectivity index (χ1n) is 4.42. The van der Waals surface area contributed by atoms with E-state index in [1.807, 2.05) is 36.4 Å². The highest BCUT2D eigenvalue weighted by molar-refractivity contribution is 9.10. The summed E-state index contributed by atoms with van der Waals surface area (Å²) in [5, 5.41) is 8.73. The van der Waals surface area contributed by atoms with E-state index < -0.39 is 0 Å². The summed E-state index contributed by atoms with van der Waals surface area (Å²) >= 11 is 3.38. The van der Waals surface area contributed by atoms with Crippen LogP contribution in [0.1, 0.15) is 5.69 Å². The molecule has 0 spiro atoms. The first kappa shape index (κ1) is 9.88. The van der Waals surface area contributed by atoms with Gasteiger partial charge in [-0.1, -0.05) is 28.1 Å². The maximum Gasteiger partial charge on any atom is 0.141 e. The van der Waals surface area contributed by atoms with E-state index >= 15 is 0 Å². The van der Waals surface area contributed by atoms with Gasteiger partial charge in [0, 0.05) is 10.7 Å². The maximum atomic E-state index is 8.73. The van der Waals surface area contributed by atoms with Crippen molar-refractivity contribution >= 4 is 15.9 Å². The molecule has 0 saturated heterocycles. The van der Waals surface area contributed by atoms with Gasteiger partial charge in [0.1, 0.15) is 11.8 Å². The van der Waals surface area contributed by atoms with Gasteiger partial charge in [-0.2, -0.15) is 5.26 Å². The average molecular weight is 259 g/mol. The zero-order chi connectivity index (χ0) is 10.7. The number of nitrogens with zero attached hydrogens (tertiary/aromatic N) is 2. The van der Waals surface area contributed by atoms with Gasteiger partial charge in [0.25, 0.3) is 0 Å². The van der Waals surface area contributed by atoms with E-state index in [4.69, 9.17) is 5.26 Å². The number of hydrogen-bond acceptors (Lipinski definition) is 2. The predicted molar refractivity (Wildman–Crippen MR) is 62.1 cm³/mol. The maximum absolute atomic E-state index is 8.73. The topological polar surface area (TPSA) is 36.7 Å². The fourth-order valence-electron chi connectivity index (χ4n) is 1.31. The molecule has 3 heteroatoms. The van der Waals surface area contributed by atoms with Crippen molar-refractivity contribution in [2.75, 3.05) is 0 Å². The second-order valence-electron chi connectivity index (χ2n) is 3.05. The minimum atomic E-state index is 0.440. The molecule has 0 N–H and O–H groups in total. The summed E-state index contributed by atoms with van der Waals surface area (Å²) in [7, 11) is 0. The van der Waals surface area contributed by atoms with Gasteiger partial charge in [-0.15, -0.1) is 0 Å². The van der Waals surface area contributed by atoms with Crippen molar-refractivity contribution in [3.63, 3.8) is 0 Å². The van der Waals surface area contributed by atoms with Crippen LogP contribution in [-0.2, 0) is 0 Å². The molecule has 0 amide bonds. The molecular formula is C12H7BrN2. The Bertz CT molecular complexity index is 512. The molecule has 0 atom stereocenters. The summed E-state index contributed by atoms with van der Waals surface area (Å²) in [4.78, 5) is 3.93. The highest BCUT2D eigenvalue weighted by atomic mass is 79.9. The predicted octanol–water partition coefficient (Wildman–Crippen LogP) is 3.38. The van der Waals surface area contributed by atoms with Crippen LogP contribution in [0, 0.1) is 11.3 Å². The third-order valence-electron chi connectivity index (χ3n) is 2.05. The van der Waals surface area contributed by atoms with Gasteiger partial charge >= 0.3 is 0 Å². The first-order valence-corrected chi connectivity index (χ1v) is 5.21. The van der Waals surface area contributed by atoms with Crippen molar-refractivity contribution in [2.24, 2.45) is 0 Å². The standard InChI is InChI=1S/C12H7BrN2/c13-11-3-1-9(2-4-11)10-5-6-15-12(7-10)8-14/h1-7H. The summed E-state index contributed by atoms with van der Waals surface area (Å²) in [5.41, 5.74) is 2.53. The number of hydrogen-bond donors (Lipinski definition) is 0. The monoisotopic (exact) mass is 258 g/mol. The Kier molecular flexibility index (Phi) is 2.79. The lowest BCUT2D eigenvalue weighted by molar-refractivity contribution is 1.26. The lowest BCUT2D eigenvalue weighted by atomic mass is 10.1. The number of aromatic nitrogens is 1. The molecule has 1 heterocycles. The lowest BCUT2D eigenvalue weighted by Crippen LogP contribution is -1.83. The second-order valence-corrected chi connectivity index (χ2v) is 3.96. The molecule has 72 valence electrons. The summed E-state index contributed by atoms with van der Waals surface area (Å²) in [5.74, 6) is 0. The smallest absolute Gasteiger partial charge is 0.141 e. The lowest BCUT2D eigenvalue weighted by Gasteiger charge is -2.01. The molecule has 1 aromatic carbocycles. The van der Waals surface area contributed by atoms with Gasteiger partial charge < -0.3 is 0 Å². The van der Waals surface area contributed by atoms with Crippen LogP contribution in [0.25, 0.3) is 11.1 Å². The van der Waals surface area contributed by atoms with E-state index in [0.717, 1.165) is 15.6 Å². The van der Waals surface area contributed by atoms with Gasteiger partial charge in [0.2, 0.25) is 0 Å². The van der Waals surface area contributed by atoms with Crippen LogP contribution in [0.15, 0.2) is 47.1 Å². The Labute approximate surface area is 96.3 Å². The van der Waals surface area contributed by atoms with E-state index in [9.17, 15) is 0 Å². The Hall–Kier alpha value is -1.66. The Balaban J connectivity index is 2.46. The molecule has 0 saturated carbocycles. The SMILES string of the molecule is N#Cc1cc(-c2ccc(Br)cc2)ccn1. The molecule has 0 radical (unpaired) electrons. The minimum absolute atomic E-state index is 0.440. The molecule has 0 aliphatic carbocycles. The first-order chi connectivity index (χ1) is 7.29. The molecule has 0 aliphatic rings. The Morgan fingerprint density at radius 2 is 1.80 bits per heavy atom. The van der Waals surface area contributed by atoms with E-state index in [1.54, 1.807) is 12.3 Å². The third kappa shape index (κ3) is 2.23. The van der Waals surface area contributed by atoms with E-state index in [1.165, 1.54) is 0 Å². The molecule has 0 fully saturated rings. The highest BCUT2D eigenvalue weighted by Gasteiger charge is 1.99. The zero-order valence-electron chi connectivity index (χ0n) is 7.81. The van der Waals surface area contributed by atoms with Crippen LogP contribution >= 0.6 is 15.9 Å². The molecule has 2 rings (SSSR count). The van der Waals surface area contributed by atoms with Crippen LogP contribution < -0.4 is 0 Å². The second kappa shape index (κ2) is 4.24. The third-order valence-corrected chi connectivity index (χ3v) is 2.58. The van der Waals surface area contributed by atoms with Gasteiger partial charge in [0.05, 0.1) is 0 Å². The Morgan fingerprint density at radius 3 is 2.47 bits per heavy atom. The molecule has 0 aliphatic heterocycles. The summed E-state index contributed by atoms with van der Waals surface area (Å²) in [6.07, 6.45) is 1.65. The van der Waals surface area contributed by atoms with Crippen molar-refractivity contribution in [2.45, 2.75) is 0 Å². The number of halogens is 1. The number of nitriles is 1. The molecule has 2 aromatic rings. The quantitative estimate of drug-likeness (QED) is 0.787. The van der Waals surface area contributed by atoms with Crippen molar-refractivity contribution in [3.05, 3.63) is 52.8 Å².